The molecule has 2 N–H and O–H groups in total. The minimum Gasteiger partial charge on any atom is -0.336 e. The molecule has 0 spiro atoms. The summed E-state index contributed by atoms with van der Waals surface area (Å²) in [7, 11) is 0. The molecule has 0 saturated carbocycles. The number of halogens is 1. The quantitative estimate of drug-likeness (QED) is 0.842. The van der Waals surface area contributed by atoms with Crippen molar-refractivity contribution in [3.8, 4) is 0 Å². The minimum atomic E-state index is -0.359. The van der Waals surface area contributed by atoms with Crippen molar-refractivity contribution in [2.45, 2.75) is 33.7 Å². The largest absolute Gasteiger partial charge is 0.336 e. The van der Waals surface area contributed by atoms with Crippen LogP contribution in [0.5, 0.6) is 0 Å². The van der Waals surface area contributed by atoms with Crippen LogP contribution in [0.4, 0.5) is 14.9 Å². The maximum Gasteiger partial charge on any atom is 0.319 e. The third kappa shape index (κ3) is 4.81. The monoisotopic (exact) mass is 281 g/mol. The van der Waals surface area contributed by atoms with Gasteiger partial charge in [0.05, 0.1) is 0 Å². The van der Waals surface area contributed by atoms with Gasteiger partial charge in [-0.3, -0.25) is 4.90 Å². The molecule has 2 amide bonds. The molecule has 0 aliphatic heterocycles. The molecule has 4 nitrogen and oxygen atoms in total. The third-order valence-electron chi connectivity index (χ3n) is 3.44. The highest BCUT2D eigenvalue weighted by Gasteiger charge is 2.11. The van der Waals surface area contributed by atoms with Gasteiger partial charge in [-0.2, -0.15) is 0 Å². The van der Waals surface area contributed by atoms with Gasteiger partial charge < -0.3 is 10.6 Å². The number of nitrogens with zero attached hydrogens (tertiary/aromatic N) is 1. The molecule has 20 heavy (non-hydrogen) atoms. The molecular weight excluding hydrogens is 257 g/mol. The molecule has 0 saturated heterocycles. The summed E-state index contributed by atoms with van der Waals surface area (Å²) in [5.41, 5.74) is 1.33. The topological polar surface area (TPSA) is 44.4 Å². The molecule has 112 valence electrons. The van der Waals surface area contributed by atoms with E-state index in [1.165, 1.54) is 12.1 Å². The fraction of sp³-hybridized carbons (Fsp3) is 0.533. The van der Waals surface area contributed by atoms with Crippen molar-refractivity contribution in [1.29, 1.82) is 0 Å². The van der Waals surface area contributed by atoms with Crippen molar-refractivity contribution in [2.24, 2.45) is 0 Å². The van der Waals surface area contributed by atoms with Gasteiger partial charge in [0.1, 0.15) is 5.82 Å². The maximum atomic E-state index is 13.1. The highest BCUT2D eigenvalue weighted by Crippen LogP contribution is 2.15. The Balaban J connectivity index is 2.50. The zero-order valence-corrected chi connectivity index (χ0v) is 12.7. The van der Waals surface area contributed by atoms with Gasteiger partial charge in [0.2, 0.25) is 0 Å². The van der Waals surface area contributed by atoms with Crippen molar-refractivity contribution in [2.75, 3.05) is 25.0 Å². The molecule has 0 fully saturated rings. The molecule has 1 atom stereocenters. The summed E-state index contributed by atoms with van der Waals surface area (Å²) in [5.74, 6) is -0.359. The van der Waals surface area contributed by atoms with Gasteiger partial charge in [0.25, 0.3) is 0 Å². The lowest BCUT2D eigenvalue weighted by atomic mass is 10.2. The van der Waals surface area contributed by atoms with E-state index >= 15 is 0 Å². The van der Waals surface area contributed by atoms with E-state index in [1.807, 2.05) is 6.92 Å². The fourth-order valence-corrected chi connectivity index (χ4v) is 2.11. The third-order valence-corrected chi connectivity index (χ3v) is 3.44. The molecule has 1 aromatic rings. The second-order valence-corrected chi connectivity index (χ2v) is 4.86. The summed E-state index contributed by atoms with van der Waals surface area (Å²) in [6, 6.07) is 4.30. The van der Waals surface area contributed by atoms with Crippen LogP contribution in [0.1, 0.15) is 26.3 Å². The summed E-state index contributed by atoms with van der Waals surface area (Å²) in [6.07, 6.45) is 0. The van der Waals surface area contributed by atoms with Crippen LogP contribution in [0.2, 0.25) is 0 Å². The Hall–Kier alpha value is -1.62. The number of carbonyl (C=O) groups excluding carboxylic acids is 1. The van der Waals surface area contributed by atoms with Gasteiger partial charge in [-0.15, -0.1) is 0 Å². The Morgan fingerprint density at radius 3 is 2.60 bits per heavy atom. The Morgan fingerprint density at radius 1 is 1.35 bits per heavy atom. The van der Waals surface area contributed by atoms with Gasteiger partial charge >= 0.3 is 6.03 Å². The second kappa shape index (κ2) is 7.85. The van der Waals surface area contributed by atoms with Gasteiger partial charge in [0.15, 0.2) is 0 Å². The average molecular weight is 281 g/mol. The van der Waals surface area contributed by atoms with E-state index in [0.717, 1.165) is 18.7 Å². The minimum absolute atomic E-state index is 0.268. The van der Waals surface area contributed by atoms with Crippen molar-refractivity contribution in [1.82, 2.24) is 10.2 Å². The lowest BCUT2D eigenvalue weighted by Crippen LogP contribution is -2.43. The Morgan fingerprint density at radius 2 is 2.00 bits per heavy atom. The van der Waals surface area contributed by atoms with Gasteiger partial charge in [-0.25, -0.2) is 9.18 Å². The molecule has 0 aliphatic rings. The van der Waals surface area contributed by atoms with E-state index in [1.54, 1.807) is 6.07 Å². The summed E-state index contributed by atoms with van der Waals surface area (Å²) in [5, 5.41) is 5.49. The number of benzene rings is 1. The van der Waals surface area contributed by atoms with Crippen molar-refractivity contribution in [3.63, 3.8) is 0 Å². The zero-order chi connectivity index (χ0) is 15.1. The molecule has 0 unspecified atom stereocenters. The Labute approximate surface area is 120 Å². The number of aryl methyl sites for hydroxylation is 1. The molecule has 1 rings (SSSR count). The lowest BCUT2D eigenvalue weighted by Gasteiger charge is -2.26. The van der Waals surface area contributed by atoms with Crippen LogP contribution in [-0.4, -0.2) is 36.6 Å². The number of rotatable bonds is 6. The van der Waals surface area contributed by atoms with E-state index in [0.29, 0.717) is 12.2 Å². The number of urea groups is 1. The van der Waals surface area contributed by atoms with Crippen LogP contribution in [0.3, 0.4) is 0 Å². The Kier molecular flexibility index (Phi) is 6.45. The second-order valence-electron chi connectivity index (χ2n) is 4.86. The highest BCUT2D eigenvalue weighted by atomic mass is 19.1. The number of carbonyl (C=O) groups is 1. The number of likely N-dealkylation sites (N-methyl/N-ethyl adjacent to an activating group) is 1. The van der Waals surface area contributed by atoms with E-state index < -0.39 is 0 Å². The summed E-state index contributed by atoms with van der Waals surface area (Å²) >= 11 is 0. The maximum absolute atomic E-state index is 13.1. The van der Waals surface area contributed by atoms with Crippen molar-refractivity contribution >= 4 is 11.7 Å². The predicted molar refractivity (Wildman–Crippen MR) is 80.5 cm³/mol. The number of nitrogens with one attached hydrogen (secondary N) is 2. The standard InChI is InChI=1S/C15H24FN3O/c1-5-19(6-2)12(4)10-17-15(20)18-14-9-13(16)8-7-11(14)3/h7-9,12H,5-6,10H2,1-4H3,(H2,17,18,20)/t12-/m0/s1. The van der Waals surface area contributed by atoms with Gasteiger partial charge in [0, 0.05) is 18.3 Å². The summed E-state index contributed by atoms with van der Waals surface area (Å²) in [4.78, 5) is 14.1. The van der Waals surface area contributed by atoms with Crippen molar-refractivity contribution < 1.29 is 9.18 Å². The number of anilines is 1. The zero-order valence-electron chi connectivity index (χ0n) is 12.7. The molecule has 0 bridgehead atoms. The Bertz CT molecular complexity index is 447. The molecule has 0 aliphatic carbocycles. The smallest absolute Gasteiger partial charge is 0.319 e. The molecular formula is C15H24FN3O. The first-order valence-electron chi connectivity index (χ1n) is 7.03. The predicted octanol–water partition coefficient (Wildman–Crippen LogP) is 2.99. The normalized spacial score (nSPS) is 12.3. The molecule has 0 heterocycles. The fourth-order valence-electron chi connectivity index (χ4n) is 2.11. The van der Waals surface area contributed by atoms with Gasteiger partial charge in [-0.05, 0) is 44.6 Å². The van der Waals surface area contributed by atoms with E-state index in [-0.39, 0.29) is 17.9 Å². The highest BCUT2D eigenvalue weighted by molar-refractivity contribution is 5.90. The van der Waals surface area contributed by atoms with Crippen LogP contribution in [0.15, 0.2) is 18.2 Å². The van der Waals surface area contributed by atoms with Crippen LogP contribution in [0.25, 0.3) is 0 Å². The van der Waals surface area contributed by atoms with Crippen LogP contribution in [-0.2, 0) is 0 Å². The number of hydrogen-bond acceptors (Lipinski definition) is 2. The summed E-state index contributed by atoms with van der Waals surface area (Å²) in [6.45, 7) is 10.5. The molecule has 0 radical (unpaired) electrons. The lowest BCUT2D eigenvalue weighted by molar-refractivity contribution is 0.220. The van der Waals surface area contributed by atoms with E-state index in [2.05, 4.69) is 36.3 Å². The number of amides is 2. The van der Waals surface area contributed by atoms with Crippen LogP contribution in [0, 0.1) is 12.7 Å². The SMILES string of the molecule is CCN(CC)[C@@H](C)CNC(=O)Nc1cc(F)ccc1C. The van der Waals surface area contributed by atoms with Crippen molar-refractivity contribution in [3.05, 3.63) is 29.6 Å². The summed E-state index contributed by atoms with van der Waals surface area (Å²) < 4.78 is 13.1. The number of hydrogen-bond donors (Lipinski definition) is 2. The van der Waals surface area contributed by atoms with E-state index in [9.17, 15) is 9.18 Å². The first-order valence-corrected chi connectivity index (χ1v) is 7.03. The first-order chi connectivity index (χ1) is 9.47. The first kappa shape index (κ1) is 16.4. The van der Waals surface area contributed by atoms with E-state index in [4.69, 9.17) is 0 Å². The average Bonchev–Trinajstić information content (AvgIpc) is 2.42. The molecule has 0 aromatic heterocycles. The van der Waals surface area contributed by atoms with Crippen LogP contribution < -0.4 is 10.6 Å². The molecule has 5 heteroatoms. The van der Waals surface area contributed by atoms with Gasteiger partial charge in [-0.1, -0.05) is 19.9 Å². The van der Waals surface area contributed by atoms with Crippen LogP contribution >= 0.6 is 0 Å². The molecule has 1 aromatic carbocycles.